The first kappa shape index (κ1) is 17.9. The zero-order valence-corrected chi connectivity index (χ0v) is 14.0. The van der Waals surface area contributed by atoms with Crippen LogP contribution in [0, 0.1) is 6.92 Å². The van der Waals surface area contributed by atoms with Crippen LogP contribution < -0.4 is 10.0 Å². The molecule has 1 heterocycles. The highest BCUT2D eigenvalue weighted by atomic mass is 32.2. The maximum absolute atomic E-state index is 12.0. The number of aromatic nitrogens is 1. The molecule has 0 aliphatic carbocycles. The van der Waals surface area contributed by atoms with Crippen molar-refractivity contribution < 1.29 is 17.9 Å². The Bertz CT molecular complexity index is 762. The molecule has 0 aliphatic rings. The van der Waals surface area contributed by atoms with Crippen molar-refractivity contribution >= 4 is 21.8 Å². The molecule has 128 valence electrons. The van der Waals surface area contributed by atoms with Crippen molar-refractivity contribution in [3.63, 3.8) is 0 Å². The van der Waals surface area contributed by atoms with E-state index >= 15 is 0 Å². The molecule has 1 aromatic heterocycles. The molecule has 1 amide bonds. The van der Waals surface area contributed by atoms with E-state index in [9.17, 15) is 13.2 Å². The minimum atomic E-state index is -3.54. The van der Waals surface area contributed by atoms with Crippen LogP contribution in [0.2, 0.25) is 0 Å². The van der Waals surface area contributed by atoms with Gasteiger partial charge in [-0.25, -0.2) is 17.9 Å². The number of pyridine rings is 1. The van der Waals surface area contributed by atoms with E-state index in [1.54, 1.807) is 42.6 Å². The highest BCUT2D eigenvalue weighted by Gasteiger charge is 2.12. The van der Waals surface area contributed by atoms with Crippen LogP contribution in [0.25, 0.3) is 0 Å². The lowest BCUT2D eigenvalue weighted by Gasteiger charge is -2.08. The number of amides is 1. The molecular formula is C16H19N3O4S. The molecule has 8 heteroatoms. The van der Waals surface area contributed by atoms with E-state index in [0.717, 1.165) is 5.56 Å². The number of ether oxygens (including phenoxy) is 1. The molecule has 0 spiro atoms. The van der Waals surface area contributed by atoms with Gasteiger partial charge in [0.15, 0.2) is 0 Å². The van der Waals surface area contributed by atoms with Gasteiger partial charge in [0.25, 0.3) is 0 Å². The van der Waals surface area contributed by atoms with E-state index < -0.39 is 16.1 Å². The highest BCUT2D eigenvalue weighted by molar-refractivity contribution is 7.89. The minimum absolute atomic E-state index is 0.0997. The first-order chi connectivity index (χ1) is 11.5. The van der Waals surface area contributed by atoms with Crippen LogP contribution in [0.4, 0.5) is 10.5 Å². The lowest BCUT2D eigenvalue weighted by molar-refractivity contribution is 0.160. The Morgan fingerprint density at radius 1 is 1.21 bits per heavy atom. The van der Waals surface area contributed by atoms with Crippen LogP contribution in [0.5, 0.6) is 0 Å². The summed E-state index contributed by atoms with van der Waals surface area (Å²) in [6.07, 6.45) is 2.85. The van der Waals surface area contributed by atoms with Crippen LogP contribution in [0.1, 0.15) is 12.0 Å². The topological polar surface area (TPSA) is 97.4 Å². The molecule has 0 radical (unpaired) electrons. The molecule has 0 aliphatic heterocycles. The van der Waals surface area contributed by atoms with Crippen molar-refractivity contribution in [1.82, 2.24) is 9.71 Å². The number of benzene rings is 1. The molecule has 0 bridgehead atoms. The molecular weight excluding hydrogens is 330 g/mol. The van der Waals surface area contributed by atoms with Gasteiger partial charge in [0.1, 0.15) is 0 Å². The molecule has 0 fully saturated rings. The Morgan fingerprint density at radius 3 is 2.62 bits per heavy atom. The molecule has 2 rings (SSSR count). The fraction of sp³-hybridized carbons (Fsp3) is 0.250. The summed E-state index contributed by atoms with van der Waals surface area (Å²) in [5.74, 6) is 0. The second-order valence-electron chi connectivity index (χ2n) is 5.07. The van der Waals surface area contributed by atoms with E-state index in [-0.39, 0.29) is 18.0 Å². The monoisotopic (exact) mass is 349 g/mol. The third-order valence-corrected chi connectivity index (χ3v) is 4.56. The molecule has 2 N–H and O–H groups in total. The summed E-state index contributed by atoms with van der Waals surface area (Å²) in [7, 11) is -3.54. The maximum Gasteiger partial charge on any atom is 0.411 e. The predicted molar refractivity (Wildman–Crippen MR) is 90.2 cm³/mol. The normalized spacial score (nSPS) is 11.0. The van der Waals surface area contributed by atoms with Gasteiger partial charge in [-0.3, -0.25) is 10.3 Å². The Balaban J connectivity index is 1.69. The third-order valence-electron chi connectivity index (χ3n) is 3.09. The van der Waals surface area contributed by atoms with E-state index in [4.69, 9.17) is 4.74 Å². The molecule has 24 heavy (non-hydrogen) atoms. The average Bonchev–Trinajstić information content (AvgIpc) is 2.56. The number of carbonyl (C=O) groups is 1. The smallest absolute Gasteiger partial charge is 0.411 e. The Labute approximate surface area is 141 Å². The fourth-order valence-electron chi connectivity index (χ4n) is 1.83. The van der Waals surface area contributed by atoms with Crippen molar-refractivity contribution in [3.8, 4) is 0 Å². The number of carbonyl (C=O) groups excluding carboxylic acids is 1. The van der Waals surface area contributed by atoms with Gasteiger partial charge in [-0.2, -0.15) is 0 Å². The number of nitrogens with zero attached hydrogens (tertiary/aromatic N) is 1. The minimum Gasteiger partial charge on any atom is -0.449 e. The van der Waals surface area contributed by atoms with E-state index in [1.807, 2.05) is 6.92 Å². The summed E-state index contributed by atoms with van der Waals surface area (Å²) in [5, 5.41) is 2.52. The first-order valence-electron chi connectivity index (χ1n) is 7.37. The number of hydrogen-bond acceptors (Lipinski definition) is 5. The number of rotatable bonds is 7. The van der Waals surface area contributed by atoms with Crippen LogP contribution in [-0.2, 0) is 14.8 Å². The highest BCUT2D eigenvalue weighted by Crippen LogP contribution is 2.09. The van der Waals surface area contributed by atoms with E-state index in [0.29, 0.717) is 12.1 Å². The van der Waals surface area contributed by atoms with E-state index in [1.165, 1.54) is 6.20 Å². The number of sulfonamides is 1. The number of nitrogens with one attached hydrogen (secondary N) is 2. The van der Waals surface area contributed by atoms with Gasteiger partial charge >= 0.3 is 6.09 Å². The zero-order chi connectivity index (χ0) is 17.4. The average molecular weight is 349 g/mol. The largest absolute Gasteiger partial charge is 0.449 e. The van der Waals surface area contributed by atoms with Crippen LogP contribution in [0.15, 0.2) is 53.7 Å². The summed E-state index contributed by atoms with van der Waals surface area (Å²) < 4.78 is 31.5. The molecule has 7 nitrogen and oxygen atoms in total. The standard InChI is InChI=1S/C16H19N3O4S/c1-13-5-7-15(8-6-13)24(21,22)18-10-3-11-23-16(20)19-14-4-2-9-17-12-14/h2,4-9,12,18H,3,10-11H2,1H3,(H,19,20). The Morgan fingerprint density at radius 2 is 1.96 bits per heavy atom. The molecule has 0 saturated carbocycles. The van der Waals surface area contributed by atoms with Crippen LogP contribution >= 0.6 is 0 Å². The van der Waals surface area contributed by atoms with Gasteiger partial charge in [0.2, 0.25) is 10.0 Å². The summed E-state index contributed by atoms with van der Waals surface area (Å²) in [5.41, 5.74) is 1.52. The quantitative estimate of drug-likeness (QED) is 0.748. The second-order valence-corrected chi connectivity index (χ2v) is 6.83. The molecule has 0 saturated heterocycles. The fourth-order valence-corrected chi connectivity index (χ4v) is 2.91. The van der Waals surface area contributed by atoms with Gasteiger partial charge in [-0.15, -0.1) is 0 Å². The van der Waals surface area contributed by atoms with Crippen molar-refractivity contribution in [2.75, 3.05) is 18.5 Å². The van der Waals surface area contributed by atoms with Gasteiger partial charge in [0.05, 0.1) is 23.4 Å². The van der Waals surface area contributed by atoms with Crippen molar-refractivity contribution in [2.45, 2.75) is 18.2 Å². The summed E-state index contributed by atoms with van der Waals surface area (Å²) in [6, 6.07) is 9.95. The summed E-state index contributed by atoms with van der Waals surface area (Å²) in [4.78, 5) is 15.6. The predicted octanol–water partition coefficient (Wildman–Crippen LogP) is 2.31. The van der Waals surface area contributed by atoms with Gasteiger partial charge in [-0.05, 0) is 37.6 Å². The second kappa shape index (κ2) is 8.42. The van der Waals surface area contributed by atoms with E-state index in [2.05, 4.69) is 15.0 Å². The van der Waals surface area contributed by atoms with Crippen molar-refractivity contribution in [2.24, 2.45) is 0 Å². The molecule has 0 atom stereocenters. The SMILES string of the molecule is Cc1ccc(S(=O)(=O)NCCCOC(=O)Nc2cccnc2)cc1. The maximum atomic E-state index is 12.0. The van der Waals surface area contributed by atoms with Gasteiger partial charge in [-0.1, -0.05) is 17.7 Å². The summed E-state index contributed by atoms with van der Waals surface area (Å²) >= 11 is 0. The van der Waals surface area contributed by atoms with Crippen molar-refractivity contribution in [3.05, 3.63) is 54.4 Å². The zero-order valence-electron chi connectivity index (χ0n) is 13.2. The summed E-state index contributed by atoms with van der Waals surface area (Å²) in [6.45, 7) is 2.16. The van der Waals surface area contributed by atoms with Crippen molar-refractivity contribution in [1.29, 1.82) is 0 Å². The van der Waals surface area contributed by atoms with Crippen LogP contribution in [0.3, 0.4) is 0 Å². The lowest BCUT2D eigenvalue weighted by Crippen LogP contribution is -2.26. The number of aryl methyl sites for hydroxylation is 1. The molecule has 0 unspecified atom stereocenters. The Hall–Kier alpha value is -2.45. The van der Waals surface area contributed by atoms with Gasteiger partial charge in [0, 0.05) is 12.7 Å². The molecule has 1 aromatic carbocycles. The lowest BCUT2D eigenvalue weighted by atomic mass is 10.2. The third kappa shape index (κ3) is 5.64. The number of hydrogen-bond donors (Lipinski definition) is 2. The van der Waals surface area contributed by atoms with Crippen LogP contribution in [-0.4, -0.2) is 32.6 Å². The Kier molecular flexibility index (Phi) is 6.28. The first-order valence-corrected chi connectivity index (χ1v) is 8.86. The van der Waals surface area contributed by atoms with Gasteiger partial charge < -0.3 is 4.74 Å². The number of anilines is 1. The molecule has 2 aromatic rings.